The fourth-order valence-electron chi connectivity index (χ4n) is 2.35. The summed E-state index contributed by atoms with van der Waals surface area (Å²) in [6, 6.07) is 12.9. The van der Waals surface area contributed by atoms with Gasteiger partial charge in [-0.15, -0.1) is 0 Å². The number of carbonyl (C=O) groups excluding carboxylic acids is 1. The molecule has 0 radical (unpaired) electrons. The van der Waals surface area contributed by atoms with E-state index >= 15 is 0 Å². The van der Waals surface area contributed by atoms with Gasteiger partial charge in [0.05, 0.1) is 5.69 Å². The molecule has 0 bridgehead atoms. The maximum absolute atomic E-state index is 12.4. The Labute approximate surface area is 116 Å². The molecule has 0 saturated carbocycles. The molecule has 20 heavy (non-hydrogen) atoms. The molecule has 0 amide bonds. The number of hydrogen-bond donors (Lipinski definition) is 1. The van der Waals surface area contributed by atoms with Crippen molar-refractivity contribution in [2.45, 2.75) is 13.3 Å². The molecule has 2 heterocycles. The van der Waals surface area contributed by atoms with E-state index in [9.17, 15) is 4.79 Å². The van der Waals surface area contributed by atoms with Gasteiger partial charge < -0.3 is 10.1 Å². The number of imidazole rings is 1. The van der Waals surface area contributed by atoms with Gasteiger partial charge in [-0.25, -0.2) is 4.98 Å². The van der Waals surface area contributed by atoms with E-state index < -0.39 is 0 Å². The number of carbonyl (C=O) groups is 1. The summed E-state index contributed by atoms with van der Waals surface area (Å²) < 4.78 is 1.89. The second kappa shape index (κ2) is 4.81. The first-order valence-corrected chi connectivity index (χ1v) is 6.57. The Bertz CT molecular complexity index is 775. The number of aryl methyl sites for hydroxylation is 1. The zero-order chi connectivity index (χ0) is 14.1. The quantitative estimate of drug-likeness (QED) is 0.741. The Morgan fingerprint density at radius 1 is 1.15 bits per heavy atom. The molecule has 0 aliphatic carbocycles. The van der Waals surface area contributed by atoms with E-state index in [4.69, 9.17) is 5.73 Å². The number of nitrogens with zero attached hydrogens (tertiary/aromatic N) is 2. The molecule has 0 aliphatic heterocycles. The van der Waals surface area contributed by atoms with Crippen LogP contribution in [0.2, 0.25) is 0 Å². The molecular weight excluding hydrogens is 250 g/mol. The van der Waals surface area contributed by atoms with Crippen LogP contribution in [0.1, 0.15) is 28.5 Å². The minimum absolute atomic E-state index is 0.00169. The Balaban J connectivity index is 2.11. The van der Waals surface area contributed by atoms with Crippen LogP contribution in [0.4, 0.5) is 5.82 Å². The average molecular weight is 265 g/mol. The third-order valence-corrected chi connectivity index (χ3v) is 3.38. The molecule has 0 atom stereocenters. The van der Waals surface area contributed by atoms with Gasteiger partial charge in [0.1, 0.15) is 11.5 Å². The summed E-state index contributed by atoms with van der Waals surface area (Å²) in [7, 11) is 0. The van der Waals surface area contributed by atoms with Gasteiger partial charge in [-0.2, -0.15) is 0 Å². The van der Waals surface area contributed by atoms with Gasteiger partial charge in [0, 0.05) is 17.3 Å². The highest BCUT2D eigenvalue weighted by molar-refractivity contribution is 6.08. The molecule has 1 aromatic carbocycles. The SMILES string of the molecule is CCc1c(N)nc2ccc(C(=O)c3ccccc3)cn12. The number of pyridine rings is 1. The standard InChI is InChI=1S/C16H15N3O/c1-2-13-16(17)18-14-9-8-12(10-19(13)14)15(20)11-6-4-3-5-7-11/h3-10H,2,17H2,1H3. The number of aromatic nitrogens is 2. The van der Waals surface area contributed by atoms with Crippen molar-refractivity contribution in [3.8, 4) is 0 Å². The molecular formula is C16H15N3O. The van der Waals surface area contributed by atoms with Crippen LogP contribution in [-0.2, 0) is 6.42 Å². The zero-order valence-electron chi connectivity index (χ0n) is 11.2. The number of fused-ring (bicyclic) bond motifs is 1. The Hall–Kier alpha value is -2.62. The fourth-order valence-corrected chi connectivity index (χ4v) is 2.35. The predicted molar refractivity (Wildman–Crippen MR) is 78.9 cm³/mol. The molecule has 2 N–H and O–H groups in total. The molecule has 100 valence electrons. The van der Waals surface area contributed by atoms with Crippen molar-refractivity contribution in [1.82, 2.24) is 9.38 Å². The number of rotatable bonds is 3. The molecule has 2 aromatic heterocycles. The monoisotopic (exact) mass is 265 g/mol. The summed E-state index contributed by atoms with van der Waals surface area (Å²) in [5.41, 5.74) is 8.90. The summed E-state index contributed by atoms with van der Waals surface area (Å²) in [6.45, 7) is 2.02. The summed E-state index contributed by atoms with van der Waals surface area (Å²) in [6.07, 6.45) is 2.59. The topological polar surface area (TPSA) is 60.4 Å². The summed E-state index contributed by atoms with van der Waals surface area (Å²) in [4.78, 5) is 16.7. The second-order valence-electron chi connectivity index (χ2n) is 4.64. The molecule has 4 heteroatoms. The van der Waals surface area contributed by atoms with E-state index in [-0.39, 0.29) is 5.78 Å². The lowest BCUT2D eigenvalue weighted by Crippen LogP contribution is -2.03. The molecule has 0 aliphatic rings. The molecule has 0 fully saturated rings. The highest BCUT2D eigenvalue weighted by Crippen LogP contribution is 2.18. The van der Waals surface area contributed by atoms with Crippen molar-refractivity contribution in [3.05, 3.63) is 65.5 Å². The van der Waals surface area contributed by atoms with E-state index in [0.29, 0.717) is 16.9 Å². The van der Waals surface area contributed by atoms with Crippen LogP contribution >= 0.6 is 0 Å². The fraction of sp³-hybridized carbons (Fsp3) is 0.125. The van der Waals surface area contributed by atoms with Gasteiger partial charge in [-0.05, 0) is 18.6 Å². The van der Waals surface area contributed by atoms with E-state index in [1.165, 1.54) is 0 Å². The molecule has 0 spiro atoms. The van der Waals surface area contributed by atoms with Crippen molar-refractivity contribution in [2.75, 3.05) is 5.73 Å². The zero-order valence-corrected chi connectivity index (χ0v) is 11.2. The predicted octanol–water partition coefficient (Wildman–Crippen LogP) is 2.71. The minimum atomic E-state index is 0.00169. The Morgan fingerprint density at radius 2 is 1.90 bits per heavy atom. The van der Waals surface area contributed by atoms with E-state index in [1.807, 2.05) is 53.9 Å². The lowest BCUT2D eigenvalue weighted by atomic mass is 10.1. The van der Waals surface area contributed by atoms with Gasteiger partial charge in [0.2, 0.25) is 0 Å². The number of anilines is 1. The number of nitrogen functional groups attached to an aromatic ring is 1. The third kappa shape index (κ3) is 1.95. The first-order valence-electron chi connectivity index (χ1n) is 6.57. The average Bonchev–Trinajstić information content (AvgIpc) is 2.81. The first-order chi connectivity index (χ1) is 9.70. The van der Waals surface area contributed by atoms with Gasteiger partial charge in [0.15, 0.2) is 5.78 Å². The minimum Gasteiger partial charge on any atom is -0.382 e. The Morgan fingerprint density at radius 3 is 2.60 bits per heavy atom. The lowest BCUT2D eigenvalue weighted by Gasteiger charge is -2.04. The Kier molecular flexibility index (Phi) is 2.99. The maximum Gasteiger partial charge on any atom is 0.194 e. The van der Waals surface area contributed by atoms with E-state index in [2.05, 4.69) is 4.98 Å². The van der Waals surface area contributed by atoms with Crippen molar-refractivity contribution in [1.29, 1.82) is 0 Å². The van der Waals surface area contributed by atoms with Crippen LogP contribution < -0.4 is 5.73 Å². The normalized spacial score (nSPS) is 10.8. The van der Waals surface area contributed by atoms with Crippen molar-refractivity contribution < 1.29 is 4.79 Å². The maximum atomic E-state index is 12.4. The number of hydrogen-bond acceptors (Lipinski definition) is 3. The first kappa shape index (κ1) is 12.4. The number of nitrogens with two attached hydrogens (primary N) is 1. The van der Waals surface area contributed by atoms with Crippen LogP contribution in [0.25, 0.3) is 5.65 Å². The third-order valence-electron chi connectivity index (χ3n) is 3.38. The molecule has 4 nitrogen and oxygen atoms in total. The van der Waals surface area contributed by atoms with Crippen LogP contribution in [-0.4, -0.2) is 15.2 Å². The van der Waals surface area contributed by atoms with Crippen molar-refractivity contribution in [2.24, 2.45) is 0 Å². The van der Waals surface area contributed by atoms with Crippen LogP contribution in [0, 0.1) is 0 Å². The highest BCUT2D eigenvalue weighted by Gasteiger charge is 2.12. The van der Waals surface area contributed by atoms with Gasteiger partial charge in [-0.3, -0.25) is 4.79 Å². The van der Waals surface area contributed by atoms with Gasteiger partial charge >= 0.3 is 0 Å². The van der Waals surface area contributed by atoms with E-state index in [0.717, 1.165) is 17.8 Å². The largest absolute Gasteiger partial charge is 0.382 e. The van der Waals surface area contributed by atoms with Crippen molar-refractivity contribution in [3.63, 3.8) is 0 Å². The lowest BCUT2D eigenvalue weighted by molar-refractivity contribution is 0.103. The molecule has 0 saturated heterocycles. The van der Waals surface area contributed by atoms with Crippen LogP contribution in [0.15, 0.2) is 48.7 Å². The summed E-state index contributed by atoms with van der Waals surface area (Å²) in [5.74, 6) is 0.527. The summed E-state index contributed by atoms with van der Waals surface area (Å²) in [5, 5.41) is 0. The van der Waals surface area contributed by atoms with Crippen LogP contribution in [0.3, 0.4) is 0 Å². The van der Waals surface area contributed by atoms with Crippen LogP contribution in [0.5, 0.6) is 0 Å². The number of ketones is 1. The highest BCUT2D eigenvalue weighted by atomic mass is 16.1. The number of benzene rings is 1. The van der Waals surface area contributed by atoms with Gasteiger partial charge in [-0.1, -0.05) is 37.3 Å². The van der Waals surface area contributed by atoms with Gasteiger partial charge in [0.25, 0.3) is 0 Å². The smallest absolute Gasteiger partial charge is 0.194 e. The molecule has 0 unspecified atom stereocenters. The van der Waals surface area contributed by atoms with Crippen molar-refractivity contribution >= 4 is 17.2 Å². The molecule has 3 aromatic rings. The van der Waals surface area contributed by atoms with E-state index in [1.54, 1.807) is 6.07 Å². The molecule has 3 rings (SSSR count). The second-order valence-corrected chi connectivity index (χ2v) is 4.64. The summed E-state index contributed by atoms with van der Waals surface area (Å²) >= 11 is 0.